The van der Waals surface area contributed by atoms with E-state index in [2.05, 4.69) is 0 Å². The quantitative estimate of drug-likeness (QED) is 0.729. The zero-order valence-corrected chi connectivity index (χ0v) is 9.93. The van der Waals surface area contributed by atoms with Gasteiger partial charge in [0.2, 0.25) is 5.91 Å². The second-order valence-corrected chi connectivity index (χ2v) is 5.21. The van der Waals surface area contributed by atoms with Crippen molar-refractivity contribution in [1.82, 2.24) is 4.90 Å². The maximum absolute atomic E-state index is 12.0. The lowest BCUT2D eigenvalue weighted by Crippen LogP contribution is -2.43. The molecule has 1 saturated carbocycles. The maximum Gasteiger partial charge on any atom is 0.239 e. The van der Waals surface area contributed by atoms with E-state index < -0.39 is 0 Å². The number of aliphatic hydroxyl groups excluding tert-OH is 1. The van der Waals surface area contributed by atoms with Gasteiger partial charge >= 0.3 is 0 Å². The Morgan fingerprint density at radius 1 is 1.50 bits per heavy atom. The van der Waals surface area contributed by atoms with Crippen LogP contribution in [-0.4, -0.2) is 41.1 Å². The SMILES string of the molecule is CCCC(N)C(=O)N1CC2CCC(O)C2C1. The van der Waals surface area contributed by atoms with Crippen molar-refractivity contribution in [2.45, 2.75) is 44.8 Å². The normalized spacial score (nSPS) is 35.2. The Kier molecular flexibility index (Phi) is 3.50. The number of nitrogens with zero attached hydrogens (tertiary/aromatic N) is 1. The van der Waals surface area contributed by atoms with Crippen molar-refractivity contribution in [2.24, 2.45) is 17.6 Å². The lowest BCUT2D eigenvalue weighted by molar-refractivity contribution is -0.132. The molecule has 1 heterocycles. The van der Waals surface area contributed by atoms with Gasteiger partial charge < -0.3 is 15.7 Å². The number of aliphatic hydroxyl groups is 1. The molecule has 4 unspecified atom stereocenters. The Hall–Kier alpha value is -0.610. The molecule has 0 radical (unpaired) electrons. The fourth-order valence-corrected chi connectivity index (χ4v) is 3.09. The summed E-state index contributed by atoms with van der Waals surface area (Å²) in [6.07, 6.45) is 3.45. The Bertz CT molecular complexity index is 270. The van der Waals surface area contributed by atoms with Crippen LogP contribution in [0, 0.1) is 11.8 Å². The molecule has 1 amide bonds. The molecule has 0 bridgehead atoms. The van der Waals surface area contributed by atoms with E-state index in [4.69, 9.17) is 5.73 Å². The lowest BCUT2D eigenvalue weighted by Gasteiger charge is -2.22. The van der Waals surface area contributed by atoms with Gasteiger partial charge in [0.1, 0.15) is 0 Å². The minimum atomic E-state index is -0.346. The summed E-state index contributed by atoms with van der Waals surface area (Å²) < 4.78 is 0. The molecule has 2 rings (SSSR count). The van der Waals surface area contributed by atoms with Crippen molar-refractivity contribution >= 4 is 5.91 Å². The smallest absolute Gasteiger partial charge is 0.239 e. The third-order valence-electron chi connectivity index (χ3n) is 4.05. The molecule has 0 spiro atoms. The topological polar surface area (TPSA) is 66.6 Å². The van der Waals surface area contributed by atoms with E-state index in [1.807, 2.05) is 11.8 Å². The molecule has 0 aromatic heterocycles. The third kappa shape index (κ3) is 2.09. The fourth-order valence-electron chi connectivity index (χ4n) is 3.09. The number of likely N-dealkylation sites (tertiary alicyclic amines) is 1. The van der Waals surface area contributed by atoms with Crippen molar-refractivity contribution in [3.8, 4) is 0 Å². The standard InChI is InChI=1S/C12H22N2O2/c1-2-3-10(13)12(16)14-6-8-4-5-11(15)9(8)7-14/h8-11,15H,2-7,13H2,1H3. The summed E-state index contributed by atoms with van der Waals surface area (Å²) in [5.41, 5.74) is 5.84. The third-order valence-corrected chi connectivity index (χ3v) is 4.05. The lowest BCUT2D eigenvalue weighted by atomic mass is 10.00. The predicted octanol–water partition coefficient (Wildman–Crippen LogP) is 0.343. The largest absolute Gasteiger partial charge is 0.393 e. The number of fused-ring (bicyclic) bond motifs is 1. The van der Waals surface area contributed by atoms with Crippen LogP contribution >= 0.6 is 0 Å². The zero-order valence-electron chi connectivity index (χ0n) is 9.93. The summed E-state index contributed by atoms with van der Waals surface area (Å²) in [7, 11) is 0. The molecular weight excluding hydrogens is 204 g/mol. The molecule has 1 saturated heterocycles. The number of carbonyl (C=O) groups is 1. The molecule has 1 aliphatic heterocycles. The molecular formula is C12H22N2O2. The van der Waals surface area contributed by atoms with E-state index in [0.717, 1.165) is 32.2 Å². The number of rotatable bonds is 3. The second kappa shape index (κ2) is 4.72. The summed E-state index contributed by atoms with van der Waals surface area (Å²) in [5, 5.41) is 9.77. The molecule has 92 valence electrons. The number of nitrogens with two attached hydrogens (primary N) is 1. The van der Waals surface area contributed by atoms with Crippen LogP contribution in [0.2, 0.25) is 0 Å². The summed E-state index contributed by atoms with van der Waals surface area (Å²) in [5.74, 6) is 0.883. The van der Waals surface area contributed by atoms with Crippen LogP contribution in [0.1, 0.15) is 32.6 Å². The van der Waals surface area contributed by atoms with Crippen molar-refractivity contribution in [3.63, 3.8) is 0 Å². The zero-order chi connectivity index (χ0) is 11.7. The first kappa shape index (κ1) is 11.9. The highest BCUT2D eigenvalue weighted by Crippen LogP contribution is 2.38. The van der Waals surface area contributed by atoms with Crippen LogP contribution < -0.4 is 5.73 Å². The molecule has 2 fully saturated rings. The van der Waals surface area contributed by atoms with Gasteiger partial charge in [-0.25, -0.2) is 0 Å². The van der Waals surface area contributed by atoms with Crippen LogP contribution in [0.4, 0.5) is 0 Å². The highest BCUT2D eigenvalue weighted by molar-refractivity contribution is 5.81. The second-order valence-electron chi connectivity index (χ2n) is 5.21. The first-order valence-electron chi connectivity index (χ1n) is 6.36. The Morgan fingerprint density at radius 2 is 2.25 bits per heavy atom. The number of carbonyl (C=O) groups excluding carboxylic acids is 1. The van der Waals surface area contributed by atoms with Gasteiger partial charge in [0, 0.05) is 19.0 Å². The molecule has 0 aromatic rings. The van der Waals surface area contributed by atoms with Gasteiger partial charge in [-0.1, -0.05) is 13.3 Å². The number of hydrogen-bond donors (Lipinski definition) is 2. The summed E-state index contributed by atoms with van der Waals surface area (Å²) >= 11 is 0. The average Bonchev–Trinajstić information content (AvgIpc) is 2.81. The first-order chi connectivity index (χ1) is 7.63. The molecule has 3 N–H and O–H groups in total. The molecule has 1 aliphatic carbocycles. The van der Waals surface area contributed by atoms with Crippen LogP contribution in [0.15, 0.2) is 0 Å². The van der Waals surface area contributed by atoms with E-state index >= 15 is 0 Å². The molecule has 4 nitrogen and oxygen atoms in total. The van der Waals surface area contributed by atoms with Gasteiger partial charge in [-0.05, 0) is 25.2 Å². The molecule has 4 heteroatoms. The first-order valence-corrected chi connectivity index (χ1v) is 6.36. The molecule has 0 aromatic carbocycles. The van der Waals surface area contributed by atoms with Crippen LogP contribution in [0.25, 0.3) is 0 Å². The minimum Gasteiger partial charge on any atom is -0.393 e. The van der Waals surface area contributed by atoms with Crippen molar-refractivity contribution < 1.29 is 9.90 Å². The Balaban J connectivity index is 1.91. The summed E-state index contributed by atoms with van der Waals surface area (Å²) in [6, 6.07) is -0.346. The predicted molar refractivity (Wildman–Crippen MR) is 61.7 cm³/mol. The molecule has 2 aliphatic rings. The van der Waals surface area contributed by atoms with Crippen molar-refractivity contribution in [3.05, 3.63) is 0 Å². The molecule has 16 heavy (non-hydrogen) atoms. The minimum absolute atomic E-state index is 0.0726. The Labute approximate surface area is 96.8 Å². The van der Waals surface area contributed by atoms with E-state index in [0.29, 0.717) is 18.4 Å². The number of hydrogen-bond acceptors (Lipinski definition) is 3. The fraction of sp³-hybridized carbons (Fsp3) is 0.917. The van der Waals surface area contributed by atoms with Gasteiger partial charge in [-0.2, -0.15) is 0 Å². The van der Waals surface area contributed by atoms with Crippen LogP contribution in [0.3, 0.4) is 0 Å². The Morgan fingerprint density at radius 3 is 2.88 bits per heavy atom. The van der Waals surface area contributed by atoms with E-state index in [9.17, 15) is 9.90 Å². The van der Waals surface area contributed by atoms with Gasteiger partial charge in [0.15, 0.2) is 0 Å². The van der Waals surface area contributed by atoms with Crippen LogP contribution in [0.5, 0.6) is 0 Å². The van der Waals surface area contributed by atoms with Crippen molar-refractivity contribution in [1.29, 1.82) is 0 Å². The summed E-state index contributed by atoms with van der Waals surface area (Å²) in [4.78, 5) is 13.9. The highest BCUT2D eigenvalue weighted by Gasteiger charge is 2.43. The average molecular weight is 226 g/mol. The van der Waals surface area contributed by atoms with Crippen molar-refractivity contribution in [2.75, 3.05) is 13.1 Å². The molecule has 4 atom stereocenters. The van der Waals surface area contributed by atoms with E-state index in [1.54, 1.807) is 0 Å². The van der Waals surface area contributed by atoms with Gasteiger partial charge in [0.25, 0.3) is 0 Å². The monoisotopic (exact) mass is 226 g/mol. The maximum atomic E-state index is 12.0. The van der Waals surface area contributed by atoms with E-state index in [-0.39, 0.29) is 18.1 Å². The number of amides is 1. The van der Waals surface area contributed by atoms with Gasteiger partial charge in [0.05, 0.1) is 12.1 Å². The van der Waals surface area contributed by atoms with Crippen LogP contribution in [-0.2, 0) is 4.79 Å². The van der Waals surface area contributed by atoms with Gasteiger partial charge in [-0.15, -0.1) is 0 Å². The summed E-state index contributed by atoms with van der Waals surface area (Å²) in [6.45, 7) is 3.55. The highest BCUT2D eigenvalue weighted by atomic mass is 16.3. The van der Waals surface area contributed by atoms with E-state index in [1.165, 1.54) is 0 Å². The van der Waals surface area contributed by atoms with Gasteiger partial charge in [-0.3, -0.25) is 4.79 Å².